The van der Waals surface area contributed by atoms with Gasteiger partial charge in [-0.25, -0.2) is 4.79 Å². The Labute approximate surface area is 199 Å². The van der Waals surface area contributed by atoms with Crippen molar-refractivity contribution >= 4 is 34.3 Å². The van der Waals surface area contributed by atoms with E-state index in [0.29, 0.717) is 17.2 Å². The van der Waals surface area contributed by atoms with E-state index in [4.69, 9.17) is 9.47 Å². The Bertz CT molecular complexity index is 1120. The molecule has 6 heteroatoms. The molecular formula is C27H29NO4S. The fraction of sp³-hybridized carbons (Fsp3) is 0.259. The first-order valence-electron chi connectivity index (χ1n) is 11.1. The SMILES string of the molecule is CCCCOc1ccccc1/C=C/C(=O)Nc1sc(C)c(-c2ccccc2)c1C(=O)OCC. The van der Waals surface area contributed by atoms with Crippen molar-refractivity contribution in [2.75, 3.05) is 18.5 Å². The zero-order valence-corrected chi connectivity index (χ0v) is 20.0. The molecule has 1 aromatic heterocycles. The van der Waals surface area contributed by atoms with Gasteiger partial charge in [-0.1, -0.05) is 61.9 Å². The van der Waals surface area contributed by atoms with Crippen LogP contribution >= 0.6 is 11.3 Å². The van der Waals surface area contributed by atoms with Gasteiger partial charge in [-0.15, -0.1) is 11.3 Å². The largest absolute Gasteiger partial charge is 0.493 e. The van der Waals surface area contributed by atoms with Gasteiger partial charge in [0.25, 0.3) is 0 Å². The zero-order chi connectivity index (χ0) is 23.6. The molecule has 172 valence electrons. The fourth-order valence-corrected chi connectivity index (χ4v) is 4.45. The number of nitrogens with one attached hydrogen (secondary N) is 1. The van der Waals surface area contributed by atoms with Crippen molar-refractivity contribution in [3.63, 3.8) is 0 Å². The lowest BCUT2D eigenvalue weighted by atomic mass is 10.0. The number of thiophene rings is 1. The van der Waals surface area contributed by atoms with Gasteiger partial charge < -0.3 is 14.8 Å². The average molecular weight is 464 g/mol. The number of unbranched alkanes of at least 4 members (excludes halogenated alkanes) is 1. The Morgan fingerprint density at radius 2 is 1.76 bits per heavy atom. The molecule has 0 saturated carbocycles. The molecule has 0 bridgehead atoms. The summed E-state index contributed by atoms with van der Waals surface area (Å²) in [6.45, 7) is 6.70. The number of anilines is 1. The lowest BCUT2D eigenvalue weighted by molar-refractivity contribution is -0.111. The van der Waals surface area contributed by atoms with Crippen molar-refractivity contribution in [1.29, 1.82) is 0 Å². The average Bonchev–Trinajstić information content (AvgIpc) is 3.14. The third-order valence-electron chi connectivity index (χ3n) is 4.95. The van der Waals surface area contributed by atoms with Crippen LogP contribution in [-0.2, 0) is 9.53 Å². The molecule has 33 heavy (non-hydrogen) atoms. The van der Waals surface area contributed by atoms with Crippen molar-refractivity contribution in [3.05, 3.63) is 76.7 Å². The molecule has 2 aromatic carbocycles. The minimum Gasteiger partial charge on any atom is -0.493 e. The second-order valence-corrected chi connectivity index (χ2v) is 8.61. The van der Waals surface area contributed by atoms with Gasteiger partial charge in [-0.05, 0) is 38.0 Å². The molecular weight excluding hydrogens is 434 g/mol. The second kappa shape index (κ2) is 12.0. The highest BCUT2D eigenvalue weighted by Gasteiger charge is 2.25. The number of esters is 1. The van der Waals surface area contributed by atoms with E-state index in [2.05, 4.69) is 12.2 Å². The van der Waals surface area contributed by atoms with Gasteiger partial charge >= 0.3 is 5.97 Å². The predicted molar refractivity (Wildman–Crippen MR) is 135 cm³/mol. The number of hydrogen-bond acceptors (Lipinski definition) is 5. The Kier molecular flexibility index (Phi) is 8.84. The van der Waals surface area contributed by atoms with Crippen LogP contribution in [0.25, 0.3) is 17.2 Å². The standard InChI is InChI=1S/C27H29NO4S/c1-4-6-18-32-22-15-11-10-12-20(22)16-17-23(29)28-26-25(27(30)31-5-2)24(19(3)33-26)21-13-8-7-9-14-21/h7-17H,4-6,18H2,1-3H3,(H,28,29)/b17-16+. The summed E-state index contributed by atoms with van der Waals surface area (Å²) >= 11 is 1.37. The summed E-state index contributed by atoms with van der Waals surface area (Å²) in [4.78, 5) is 26.5. The van der Waals surface area contributed by atoms with E-state index >= 15 is 0 Å². The summed E-state index contributed by atoms with van der Waals surface area (Å²) in [5, 5.41) is 3.35. The smallest absolute Gasteiger partial charge is 0.341 e. The maximum atomic E-state index is 12.8. The Morgan fingerprint density at radius 3 is 2.48 bits per heavy atom. The van der Waals surface area contributed by atoms with E-state index in [1.807, 2.05) is 61.5 Å². The maximum absolute atomic E-state index is 12.8. The van der Waals surface area contributed by atoms with E-state index in [0.717, 1.165) is 40.2 Å². The van der Waals surface area contributed by atoms with Crippen LogP contribution in [0.3, 0.4) is 0 Å². The van der Waals surface area contributed by atoms with Gasteiger partial charge in [0.2, 0.25) is 5.91 Å². The van der Waals surface area contributed by atoms with Crippen LogP contribution in [0.15, 0.2) is 60.7 Å². The molecule has 1 N–H and O–H groups in total. The van der Waals surface area contributed by atoms with Crippen molar-refractivity contribution < 1.29 is 19.1 Å². The monoisotopic (exact) mass is 463 g/mol. The molecule has 1 amide bonds. The third kappa shape index (κ3) is 6.33. The lowest BCUT2D eigenvalue weighted by Crippen LogP contribution is -2.12. The van der Waals surface area contributed by atoms with Crippen LogP contribution in [0, 0.1) is 6.92 Å². The summed E-state index contributed by atoms with van der Waals surface area (Å²) in [5.41, 5.74) is 2.90. The molecule has 1 heterocycles. The zero-order valence-electron chi connectivity index (χ0n) is 19.2. The van der Waals surface area contributed by atoms with Crippen molar-refractivity contribution in [2.24, 2.45) is 0 Å². The van der Waals surface area contributed by atoms with Crippen LogP contribution < -0.4 is 10.1 Å². The van der Waals surface area contributed by atoms with Gasteiger partial charge in [0.15, 0.2) is 0 Å². The number of carbonyl (C=O) groups is 2. The predicted octanol–water partition coefficient (Wildman–Crippen LogP) is 6.73. The van der Waals surface area contributed by atoms with Crippen LogP contribution in [0.1, 0.15) is 47.5 Å². The summed E-state index contributed by atoms with van der Waals surface area (Å²) in [7, 11) is 0. The van der Waals surface area contributed by atoms with Crippen LogP contribution in [0.2, 0.25) is 0 Å². The van der Waals surface area contributed by atoms with Crippen molar-refractivity contribution in [1.82, 2.24) is 0 Å². The number of hydrogen-bond donors (Lipinski definition) is 1. The van der Waals surface area contributed by atoms with Gasteiger partial charge in [0.1, 0.15) is 16.3 Å². The van der Waals surface area contributed by atoms with E-state index in [1.54, 1.807) is 13.0 Å². The minimum atomic E-state index is -0.449. The maximum Gasteiger partial charge on any atom is 0.341 e. The van der Waals surface area contributed by atoms with E-state index in [-0.39, 0.29) is 12.5 Å². The van der Waals surface area contributed by atoms with E-state index in [9.17, 15) is 9.59 Å². The molecule has 5 nitrogen and oxygen atoms in total. The fourth-order valence-electron chi connectivity index (χ4n) is 3.38. The molecule has 0 spiro atoms. The van der Waals surface area contributed by atoms with Crippen molar-refractivity contribution in [3.8, 4) is 16.9 Å². The van der Waals surface area contributed by atoms with Gasteiger partial charge in [0, 0.05) is 22.1 Å². The quantitative estimate of drug-likeness (QED) is 0.206. The molecule has 0 saturated heterocycles. The molecule has 0 unspecified atom stereocenters. The molecule has 0 atom stereocenters. The van der Waals surface area contributed by atoms with E-state index in [1.165, 1.54) is 17.4 Å². The molecule has 0 fully saturated rings. The highest BCUT2D eigenvalue weighted by molar-refractivity contribution is 7.17. The number of carbonyl (C=O) groups excluding carboxylic acids is 2. The summed E-state index contributed by atoms with van der Waals surface area (Å²) in [6, 6.07) is 17.2. The van der Waals surface area contributed by atoms with Gasteiger partial charge in [-0.3, -0.25) is 4.79 Å². The Hall–Kier alpha value is -3.38. The first-order chi connectivity index (χ1) is 16.0. The molecule has 0 aliphatic carbocycles. The van der Waals surface area contributed by atoms with Crippen molar-refractivity contribution in [2.45, 2.75) is 33.6 Å². The molecule has 3 rings (SSSR count). The summed E-state index contributed by atoms with van der Waals surface area (Å²) < 4.78 is 11.1. The Balaban J connectivity index is 1.85. The topological polar surface area (TPSA) is 64.6 Å². The molecule has 0 aliphatic heterocycles. The number of ether oxygens (including phenoxy) is 2. The lowest BCUT2D eigenvalue weighted by Gasteiger charge is -2.09. The highest BCUT2D eigenvalue weighted by Crippen LogP contribution is 2.40. The number of benzene rings is 2. The normalized spacial score (nSPS) is 10.9. The number of para-hydroxylation sites is 1. The van der Waals surface area contributed by atoms with Crippen LogP contribution in [0.5, 0.6) is 5.75 Å². The Morgan fingerprint density at radius 1 is 1.03 bits per heavy atom. The van der Waals surface area contributed by atoms with Gasteiger partial charge in [-0.2, -0.15) is 0 Å². The first kappa shape index (κ1) is 24.3. The molecule has 3 aromatic rings. The minimum absolute atomic E-state index is 0.254. The molecule has 0 radical (unpaired) electrons. The third-order valence-corrected chi connectivity index (χ3v) is 5.97. The highest BCUT2D eigenvalue weighted by atomic mass is 32.1. The number of aryl methyl sites for hydroxylation is 1. The summed E-state index contributed by atoms with van der Waals surface area (Å²) in [5.74, 6) is -0.0417. The van der Waals surface area contributed by atoms with Crippen LogP contribution in [-0.4, -0.2) is 25.1 Å². The summed E-state index contributed by atoms with van der Waals surface area (Å²) in [6.07, 6.45) is 5.19. The van der Waals surface area contributed by atoms with Crippen LogP contribution in [0.4, 0.5) is 5.00 Å². The number of amides is 1. The second-order valence-electron chi connectivity index (χ2n) is 7.39. The number of rotatable bonds is 10. The van der Waals surface area contributed by atoms with Gasteiger partial charge in [0.05, 0.1) is 13.2 Å². The first-order valence-corrected chi connectivity index (χ1v) is 11.9. The molecule has 0 aliphatic rings. The van der Waals surface area contributed by atoms with E-state index < -0.39 is 5.97 Å².